The molecule has 1 aliphatic heterocycles. The van der Waals surface area contributed by atoms with Crippen LogP contribution >= 0.6 is 12.2 Å². The molecule has 0 radical (unpaired) electrons. The zero-order chi connectivity index (χ0) is 26.8. The highest BCUT2D eigenvalue weighted by molar-refractivity contribution is 7.80. The van der Waals surface area contributed by atoms with Gasteiger partial charge in [-0.1, -0.05) is 36.4 Å². The summed E-state index contributed by atoms with van der Waals surface area (Å²) in [5.74, 6) is -0.0418. The lowest BCUT2D eigenvalue weighted by Gasteiger charge is -2.28. The van der Waals surface area contributed by atoms with Crippen LogP contribution in [0, 0.1) is 27.7 Å². The first-order chi connectivity index (χ1) is 18.3. The van der Waals surface area contributed by atoms with Gasteiger partial charge in [0.05, 0.1) is 17.8 Å². The number of carbonyl (C=O) groups excluding carboxylic acids is 1. The van der Waals surface area contributed by atoms with E-state index >= 15 is 0 Å². The Morgan fingerprint density at radius 3 is 2.50 bits per heavy atom. The van der Waals surface area contributed by atoms with Crippen molar-refractivity contribution in [3.63, 3.8) is 0 Å². The number of anilines is 1. The van der Waals surface area contributed by atoms with E-state index in [9.17, 15) is 4.79 Å². The van der Waals surface area contributed by atoms with Crippen LogP contribution in [-0.2, 0) is 4.79 Å². The van der Waals surface area contributed by atoms with Gasteiger partial charge in [-0.25, -0.2) is 0 Å². The summed E-state index contributed by atoms with van der Waals surface area (Å²) in [4.78, 5) is 19.6. The van der Waals surface area contributed by atoms with E-state index in [1.807, 2.05) is 54.7 Å². The Kier molecular flexibility index (Phi) is 7.29. The van der Waals surface area contributed by atoms with Crippen LogP contribution in [0.5, 0.6) is 0 Å². The number of rotatable bonds is 7. The summed E-state index contributed by atoms with van der Waals surface area (Å²) in [5, 5.41) is 7.14. The maximum absolute atomic E-state index is 12.8. The first kappa shape index (κ1) is 25.7. The third kappa shape index (κ3) is 4.94. The Hall–Kier alpha value is -3.97. The zero-order valence-corrected chi connectivity index (χ0v) is 23.0. The minimum absolute atomic E-state index is 0.0418. The number of amides is 1. The molecule has 1 fully saturated rings. The molecule has 2 N–H and O–H groups in total. The van der Waals surface area contributed by atoms with E-state index in [-0.39, 0.29) is 18.0 Å². The summed E-state index contributed by atoms with van der Waals surface area (Å²) in [5.41, 5.74) is 8.91. The minimum Gasteiger partial charge on any atom is -0.352 e. The van der Waals surface area contributed by atoms with E-state index in [1.54, 1.807) is 0 Å². The predicted molar refractivity (Wildman–Crippen MR) is 157 cm³/mol. The number of thiocarbonyl (C=S) groups is 1. The first-order valence-electron chi connectivity index (χ1n) is 12.9. The van der Waals surface area contributed by atoms with Crippen molar-refractivity contribution in [2.45, 2.75) is 46.2 Å². The van der Waals surface area contributed by atoms with Gasteiger partial charge in [0.25, 0.3) is 0 Å². The van der Waals surface area contributed by atoms with E-state index in [0.717, 1.165) is 22.8 Å². The molecule has 1 aliphatic rings. The average molecular weight is 524 g/mol. The average Bonchev–Trinajstić information content (AvgIpc) is 3.40. The maximum atomic E-state index is 12.8. The Bertz CT molecular complexity index is 1460. The fourth-order valence-electron chi connectivity index (χ4n) is 5.39. The van der Waals surface area contributed by atoms with Crippen LogP contribution in [0.2, 0.25) is 0 Å². The van der Waals surface area contributed by atoms with Crippen molar-refractivity contribution in [1.82, 2.24) is 19.8 Å². The molecule has 194 valence electrons. The normalized spacial score (nSPS) is 16.9. The number of hydrogen-bond donors (Lipinski definition) is 2. The number of nitrogens with zero attached hydrogens (tertiary/aromatic N) is 3. The van der Waals surface area contributed by atoms with Crippen LogP contribution in [0.1, 0.15) is 52.3 Å². The number of aromatic nitrogens is 2. The second kappa shape index (κ2) is 10.8. The molecule has 0 spiro atoms. The molecule has 2 atom stereocenters. The van der Waals surface area contributed by atoms with Gasteiger partial charge in [0.2, 0.25) is 5.91 Å². The van der Waals surface area contributed by atoms with Gasteiger partial charge in [-0.2, -0.15) is 0 Å². The highest BCUT2D eigenvalue weighted by Gasteiger charge is 2.41. The topological polar surface area (TPSA) is 62.2 Å². The van der Waals surface area contributed by atoms with Crippen LogP contribution in [-0.4, -0.2) is 32.0 Å². The molecule has 38 heavy (non-hydrogen) atoms. The lowest BCUT2D eigenvalue weighted by atomic mass is 9.96. The Labute approximate surface area is 229 Å². The van der Waals surface area contributed by atoms with E-state index in [1.165, 1.54) is 22.4 Å². The zero-order valence-electron chi connectivity index (χ0n) is 22.2. The Morgan fingerprint density at radius 1 is 1.00 bits per heavy atom. The number of carbonyl (C=O) groups is 1. The summed E-state index contributed by atoms with van der Waals surface area (Å²) in [6.07, 6.45) is 2.13. The van der Waals surface area contributed by atoms with Crippen LogP contribution in [0.3, 0.4) is 0 Å². The van der Waals surface area contributed by atoms with Gasteiger partial charge in [-0.15, -0.1) is 0 Å². The molecule has 6 nitrogen and oxygen atoms in total. The molecule has 0 bridgehead atoms. The van der Waals surface area contributed by atoms with Crippen molar-refractivity contribution < 1.29 is 4.79 Å². The van der Waals surface area contributed by atoms with Gasteiger partial charge in [0.1, 0.15) is 0 Å². The molecular weight excluding hydrogens is 490 g/mol. The summed E-state index contributed by atoms with van der Waals surface area (Å²) in [6, 6.07) is 23.9. The number of para-hydroxylation sites is 1. The number of nitrogens with one attached hydrogen (secondary N) is 2. The van der Waals surface area contributed by atoms with E-state index in [0.29, 0.717) is 18.1 Å². The van der Waals surface area contributed by atoms with Crippen LogP contribution in [0.15, 0.2) is 79.0 Å². The van der Waals surface area contributed by atoms with Gasteiger partial charge in [0, 0.05) is 41.9 Å². The standard InChI is InChI=1S/C31H33N5OS/c1-20-11-10-15-27(22(20)3)36-21(2)19-25(23(36)4)30-29(26-14-8-9-17-32-26)34-31(38)35(30)18-16-28(37)33-24-12-6-5-7-13-24/h5-15,17,19,29-30H,16,18H2,1-4H3,(H,33,37)(H,34,38). The number of hydrogen-bond acceptors (Lipinski definition) is 3. The highest BCUT2D eigenvalue weighted by Crippen LogP contribution is 2.41. The minimum atomic E-state index is -0.131. The molecule has 2 aromatic heterocycles. The lowest BCUT2D eigenvalue weighted by molar-refractivity contribution is -0.116. The Balaban J connectivity index is 1.50. The Morgan fingerprint density at radius 2 is 1.76 bits per heavy atom. The fourth-order valence-corrected chi connectivity index (χ4v) is 5.72. The van der Waals surface area contributed by atoms with E-state index in [4.69, 9.17) is 12.2 Å². The third-order valence-corrected chi connectivity index (χ3v) is 7.79. The number of aryl methyl sites for hydroxylation is 2. The molecule has 2 unspecified atom stereocenters. The van der Waals surface area contributed by atoms with Crippen LogP contribution < -0.4 is 10.6 Å². The van der Waals surface area contributed by atoms with Gasteiger partial charge in [0.15, 0.2) is 5.11 Å². The molecule has 4 aromatic rings. The predicted octanol–water partition coefficient (Wildman–Crippen LogP) is 6.11. The van der Waals surface area contributed by atoms with E-state index in [2.05, 4.69) is 77.0 Å². The van der Waals surface area contributed by atoms with Gasteiger partial charge >= 0.3 is 0 Å². The molecule has 7 heteroatoms. The molecule has 1 amide bonds. The van der Waals surface area contributed by atoms with Crippen molar-refractivity contribution in [1.29, 1.82) is 0 Å². The molecule has 0 aliphatic carbocycles. The van der Waals surface area contributed by atoms with Crippen molar-refractivity contribution in [3.05, 3.63) is 113 Å². The maximum Gasteiger partial charge on any atom is 0.226 e. The van der Waals surface area contributed by atoms with Crippen molar-refractivity contribution >= 4 is 28.9 Å². The van der Waals surface area contributed by atoms with Crippen molar-refractivity contribution in [2.75, 3.05) is 11.9 Å². The third-order valence-electron chi connectivity index (χ3n) is 7.44. The second-order valence-corrected chi connectivity index (χ2v) is 10.3. The van der Waals surface area contributed by atoms with Crippen molar-refractivity contribution in [2.24, 2.45) is 0 Å². The first-order valence-corrected chi connectivity index (χ1v) is 13.3. The molecule has 2 aromatic carbocycles. The number of pyridine rings is 1. The van der Waals surface area contributed by atoms with Crippen LogP contribution in [0.25, 0.3) is 5.69 Å². The second-order valence-electron chi connectivity index (χ2n) is 9.87. The molecule has 3 heterocycles. The van der Waals surface area contributed by atoms with Gasteiger partial charge < -0.3 is 20.1 Å². The highest BCUT2D eigenvalue weighted by atomic mass is 32.1. The molecular formula is C31H33N5OS. The lowest BCUT2D eigenvalue weighted by Crippen LogP contribution is -2.32. The van der Waals surface area contributed by atoms with Gasteiger partial charge in [-0.05, 0) is 93.0 Å². The smallest absolute Gasteiger partial charge is 0.226 e. The largest absolute Gasteiger partial charge is 0.352 e. The number of benzene rings is 2. The molecule has 0 saturated carbocycles. The fraction of sp³-hybridized carbons (Fsp3) is 0.258. The summed E-state index contributed by atoms with van der Waals surface area (Å²) in [6.45, 7) is 9.12. The SMILES string of the molecule is Cc1cccc(-n2c(C)cc(C3C(c4ccccn4)NC(=S)N3CCC(=O)Nc3ccccc3)c2C)c1C. The van der Waals surface area contributed by atoms with Crippen molar-refractivity contribution in [3.8, 4) is 5.69 Å². The summed E-state index contributed by atoms with van der Waals surface area (Å²) < 4.78 is 2.33. The monoisotopic (exact) mass is 523 g/mol. The van der Waals surface area contributed by atoms with Crippen LogP contribution in [0.4, 0.5) is 5.69 Å². The quantitative estimate of drug-likeness (QED) is 0.286. The van der Waals surface area contributed by atoms with Gasteiger partial charge in [-0.3, -0.25) is 9.78 Å². The summed E-state index contributed by atoms with van der Waals surface area (Å²) >= 11 is 5.84. The van der Waals surface area contributed by atoms with E-state index < -0.39 is 0 Å². The summed E-state index contributed by atoms with van der Waals surface area (Å²) in [7, 11) is 0. The molecule has 1 saturated heterocycles. The molecule has 5 rings (SSSR count).